The molecule has 14 heavy (non-hydrogen) atoms. The quantitative estimate of drug-likeness (QED) is 0.607. The lowest BCUT2D eigenvalue weighted by Crippen LogP contribution is -2.24. The van der Waals surface area contributed by atoms with E-state index in [0.717, 1.165) is 23.7 Å². The van der Waals surface area contributed by atoms with Crippen molar-refractivity contribution in [3.05, 3.63) is 0 Å². The third kappa shape index (κ3) is 1.85. The molecular weight excluding hydrogens is 168 g/mol. The van der Waals surface area contributed by atoms with Crippen LogP contribution in [0.5, 0.6) is 0 Å². The first-order valence-electron chi connectivity index (χ1n) is 6.54. The lowest BCUT2D eigenvalue weighted by Gasteiger charge is -2.34. The van der Waals surface area contributed by atoms with Crippen LogP contribution in [0.4, 0.5) is 0 Å². The molecule has 4 atom stereocenters. The average molecular weight is 194 g/mol. The van der Waals surface area contributed by atoms with E-state index in [1.807, 2.05) is 0 Å². The van der Waals surface area contributed by atoms with E-state index in [2.05, 4.69) is 27.7 Å². The fourth-order valence-corrected chi connectivity index (χ4v) is 3.79. The van der Waals surface area contributed by atoms with Crippen LogP contribution < -0.4 is 0 Å². The van der Waals surface area contributed by atoms with Crippen LogP contribution in [0.3, 0.4) is 0 Å². The molecule has 0 aromatic carbocycles. The molecule has 0 bridgehead atoms. The van der Waals surface area contributed by atoms with Gasteiger partial charge < -0.3 is 0 Å². The maximum Gasteiger partial charge on any atom is -0.0320 e. The molecule has 0 aliphatic heterocycles. The lowest BCUT2D eigenvalue weighted by molar-refractivity contribution is 0.164. The summed E-state index contributed by atoms with van der Waals surface area (Å²) in [5, 5.41) is 0. The molecule has 82 valence electrons. The highest BCUT2D eigenvalue weighted by atomic mass is 14.6. The molecule has 2 fully saturated rings. The fraction of sp³-hybridized carbons (Fsp3) is 1.00. The molecule has 2 rings (SSSR count). The Bertz CT molecular complexity index is 204. The smallest absolute Gasteiger partial charge is 0.0320 e. The van der Waals surface area contributed by atoms with Crippen molar-refractivity contribution in [2.75, 3.05) is 0 Å². The van der Waals surface area contributed by atoms with Crippen molar-refractivity contribution < 1.29 is 0 Å². The summed E-state index contributed by atoms with van der Waals surface area (Å²) >= 11 is 0. The minimum atomic E-state index is 0.698. The highest BCUT2D eigenvalue weighted by molar-refractivity contribution is 5.00. The fourth-order valence-electron chi connectivity index (χ4n) is 3.79. The van der Waals surface area contributed by atoms with Crippen molar-refractivity contribution in [1.29, 1.82) is 0 Å². The van der Waals surface area contributed by atoms with Gasteiger partial charge in [-0.25, -0.2) is 0 Å². The van der Waals surface area contributed by atoms with E-state index in [1.165, 1.54) is 32.1 Å². The minimum Gasteiger partial charge on any atom is -0.0651 e. The second-order valence-electron chi connectivity index (χ2n) is 6.52. The predicted molar refractivity (Wildman–Crippen MR) is 62.2 cm³/mol. The number of hydrogen-bond donors (Lipinski definition) is 0. The van der Waals surface area contributed by atoms with Gasteiger partial charge in [0.05, 0.1) is 0 Å². The molecular formula is C14H26. The van der Waals surface area contributed by atoms with Crippen LogP contribution in [0.2, 0.25) is 0 Å². The Balaban J connectivity index is 1.88. The Hall–Kier alpha value is 0. The van der Waals surface area contributed by atoms with E-state index < -0.39 is 0 Å². The first-order chi connectivity index (χ1) is 6.54. The van der Waals surface area contributed by atoms with E-state index in [1.54, 1.807) is 0 Å². The van der Waals surface area contributed by atoms with Gasteiger partial charge in [0.25, 0.3) is 0 Å². The Morgan fingerprint density at radius 3 is 2.29 bits per heavy atom. The summed E-state index contributed by atoms with van der Waals surface area (Å²) in [4.78, 5) is 0. The first kappa shape index (κ1) is 10.5. The lowest BCUT2D eigenvalue weighted by atomic mass is 9.71. The van der Waals surface area contributed by atoms with Gasteiger partial charge in [-0.2, -0.15) is 0 Å². The summed E-state index contributed by atoms with van der Waals surface area (Å²) in [6, 6.07) is 0. The van der Waals surface area contributed by atoms with E-state index in [0.29, 0.717) is 5.41 Å². The summed E-state index contributed by atoms with van der Waals surface area (Å²) in [5.41, 5.74) is 0.698. The van der Waals surface area contributed by atoms with Gasteiger partial charge in [-0.1, -0.05) is 34.1 Å². The summed E-state index contributed by atoms with van der Waals surface area (Å²) in [7, 11) is 0. The standard InChI is InChI=1S/C14H26/c1-5-11-6-7-12(8-10(11)2)13-9-14(13,3)4/h10-13H,5-9H2,1-4H3. The molecule has 0 spiro atoms. The maximum atomic E-state index is 2.48. The molecule has 0 heteroatoms. The van der Waals surface area contributed by atoms with Gasteiger partial charge in [-0.05, 0) is 54.8 Å². The monoisotopic (exact) mass is 194 g/mol. The molecule has 0 nitrogen and oxygen atoms in total. The van der Waals surface area contributed by atoms with Crippen LogP contribution in [0.25, 0.3) is 0 Å². The molecule has 4 unspecified atom stereocenters. The third-order valence-corrected chi connectivity index (χ3v) is 5.07. The average Bonchev–Trinajstić information content (AvgIpc) is 2.75. The molecule has 0 heterocycles. The van der Waals surface area contributed by atoms with Gasteiger partial charge in [0.15, 0.2) is 0 Å². The van der Waals surface area contributed by atoms with Crippen molar-refractivity contribution in [3.8, 4) is 0 Å². The van der Waals surface area contributed by atoms with Gasteiger partial charge in [-0.15, -0.1) is 0 Å². The van der Waals surface area contributed by atoms with E-state index in [-0.39, 0.29) is 0 Å². The minimum absolute atomic E-state index is 0.698. The predicted octanol–water partition coefficient (Wildman–Crippen LogP) is 4.49. The van der Waals surface area contributed by atoms with Crippen LogP contribution >= 0.6 is 0 Å². The first-order valence-corrected chi connectivity index (χ1v) is 6.54. The van der Waals surface area contributed by atoms with Gasteiger partial charge in [0.1, 0.15) is 0 Å². The Morgan fingerprint density at radius 1 is 1.21 bits per heavy atom. The van der Waals surface area contributed by atoms with E-state index >= 15 is 0 Å². The largest absolute Gasteiger partial charge is 0.0651 e. The molecule has 0 aromatic rings. The van der Waals surface area contributed by atoms with Crippen LogP contribution in [0.15, 0.2) is 0 Å². The highest BCUT2D eigenvalue weighted by Gasteiger charge is 2.50. The molecule has 0 aromatic heterocycles. The van der Waals surface area contributed by atoms with Crippen LogP contribution in [0.1, 0.15) is 59.8 Å². The normalized spacial score (nSPS) is 46.3. The molecule has 0 saturated heterocycles. The van der Waals surface area contributed by atoms with Crippen LogP contribution in [-0.2, 0) is 0 Å². The second kappa shape index (κ2) is 3.54. The van der Waals surface area contributed by atoms with E-state index in [4.69, 9.17) is 0 Å². The summed E-state index contributed by atoms with van der Waals surface area (Å²) in [5.74, 6) is 4.17. The Labute approximate surface area is 89.5 Å². The zero-order chi connectivity index (χ0) is 10.3. The summed E-state index contributed by atoms with van der Waals surface area (Å²) in [6.45, 7) is 9.75. The van der Waals surface area contributed by atoms with Crippen molar-refractivity contribution in [2.45, 2.75) is 59.8 Å². The third-order valence-electron chi connectivity index (χ3n) is 5.07. The van der Waals surface area contributed by atoms with E-state index in [9.17, 15) is 0 Å². The molecule has 0 radical (unpaired) electrons. The molecule has 2 saturated carbocycles. The summed E-state index contributed by atoms with van der Waals surface area (Å²) in [6.07, 6.45) is 7.46. The van der Waals surface area contributed by atoms with Crippen LogP contribution in [-0.4, -0.2) is 0 Å². The van der Waals surface area contributed by atoms with Crippen molar-refractivity contribution in [1.82, 2.24) is 0 Å². The Morgan fingerprint density at radius 2 is 1.86 bits per heavy atom. The molecule has 0 amide bonds. The van der Waals surface area contributed by atoms with Crippen LogP contribution in [0, 0.1) is 29.1 Å². The second-order valence-corrected chi connectivity index (χ2v) is 6.52. The van der Waals surface area contributed by atoms with Crippen molar-refractivity contribution in [3.63, 3.8) is 0 Å². The van der Waals surface area contributed by atoms with Gasteiger partial charge >= 0.3 is 0 Å². The zero-order valence-corrected chi connectivity index (χ0v) is 10.3. The van der Waals surface area contributed by atoms with Crippen molar-refractivity contribution in [2.24, 2.45) is 29.1 Å². The molecule has 2 aliphatic rings. The topological polar surface area (TPSA) is 0 Å². The molecule has 0 N–H and O–H groups in total. The Kier molecular flexibility index (Phi) is 2.66. The SMILES string of the molecule is CCC1CCC(C2CC2(C)C)CC1C. The van der Waals surface area contributed by atoms with Gasteiger partial charge in [-0.3, -0.25) is 0 Å². The number of rotatable bonds is 2. The maximum absolute atomic E-state index is 2.48. The molecule has 2 aliphatic carbocycles. The summed E-state index contributed by atoms with van der Waals surface area (Å²) < 4.78 is 0. The number of hydrogen-bond acceptors (Lipinski definition) is 0. The highest BCUT2D eigenvalue weighted by Crippen LogP contribution is 2.59. The van der Waals surface area contributed by atoms with Gasteiger partial charge in [0, 0.05) is 0 Å². The van der Waals surface area contributed by atoms with Crippen molar-refractivity contribution >= 4 is 0 Å². The zero-order valence-electron chi connectivity index (χ0n) is 10.3. The van der Waals surface area contributed by atoms with Gasteiger partial charge in [0.2, 0.25) is 0 Å².